The molecule has 0 amide bonds. The van der Waals surface area contributed by atoms with Crippen molar-refractivity contribution in [3.8, 4) is 21.9 Å². The first kappa shape index (κ1) is 20.4. The van der Waals surface area contributed by atoms with Gasteiger partial charge >= 0.3 is 5.97 Å². The molecular formula is C19H15BrO6S2. The molecule has 0 spiro atoms. The molecule has 3 aromatic rings. The van der Waals surface area contributed by atoms with Gasteiger partial charge in [-0.1, -0.05) is 15.9 Å². The van der Waals surface area contributed by atoms with E-state index in [0.29, 0.717) is 10.0 Å². The van der Waals surface area contributed by atoms with Crippen molar-refractivity contribution in [1.29, 1.82) is 0 Å². The number of phenolic OH excluding ortho intramolecular Hbond substituents is 1. The summed E-state index contributed by atoms with van der Waals surface area (Å²) in [5.41, 5.74) is 0.980. The van der Waals surface area contributed by atoms with Crippen molar-refractivity contribution in [1.82, 2.24) is 0 Å². The van der Waals surface area contributed by atoms with Crippen molar-refractivity contribution < 1.29 is 28.5 Å². The maximum absolute atomic E-state index is 12.8. The standard InChI is InChI=1S/C19H15BrO6S2/c1-10-4-5-27-18(10)11-6-12(17(22)14(7-11)19(23)24)9-28(25,26)16-8-13(20)2-3-15(16)21/h2-8,21-22H,9H2,1H3,(H,23,24). The minimum absolute atomic E-state index is 0.0536. The molecule has 1 heterocycles. The highest BCUT2D eigenvalue weighted by Crippen LogP contribution is 2.37. The molecule has 0 bridgehead atoms. The molecule has 0 unspecified atom stereocenters. The van der Waals surface area contributed by atoms with Gasteiger partial charge in [0, 0.05) is 14.9 Å². The fourth-order valence-corrected chi connectivity index (χ4v) is 5.69. The van der Waals surface area contributed by atoms with Crippen LogP contribution in [0.3, 0.4) is 0 Å². The Hall–Kier alpha value is -2.36. The Labute approximate surface area is 173 Å². The highest BCUT2D eigenvalue weighted by molar-refractivity contribution is 9.10. The fraction of sp³-hybridized carbons (Fsp3) is 0.105. The van der Waals surface area contributed by atoms with Crippen LogP contribution < -0.4 is 0 Å². The molecule has 3 rings (SSSR count). The van der Waals surface area contributed by atoms with Crippen LogP contribution in [0.15, 0.2) is 51.1 Å². The van der Waals surface area contributed by atoms with Crippen LogP contribution in [-0.4, -0.2) is 29.7 Å². The molecule has 3 N–H and O–H groups in total. The first-order valence-corrected chi connectivity index (χ1v) is 11.3. The van der Waals surface area contributed by atoms with Crippen LogP contribution >= 0.6 is 27.3 Å². The number of sulfone groups is 1. The summed E-state index contributed by atoms with van der Waals surface area (Å²) in [6.07, 6.45) is 0. The summed E-state index contributed by atoms with van der Waals surface area (Å²) in [6, 6.07) is 8.65. The van der Waals surface area contributed by atoms with E-state index in [0.717, 1.165) is 10.4 Å². The van der Waals surface area contributed by atoms with E-state index in [9.17, 15) is 28.5 Å². The van der Waals surface area contributed by atoms with Gasteiger partial charge in [-0.2, -0.15) is 0 Å². The predicted octanol–water partition coefficient (Wildman–Crippen LogP) is 4.57. The Kier molecular flexibility index (Phi) is 5.51. The van der Waals surface area contributed by atoms with Crippen LogP contribution in [0.2, 0.25) is 0 Å². The van der Waals surface area contributed by atoms with E-state index < -0.39 is 33.1 Å². The second-order valence-electron chi connectivity index (χ2n) is 6.14. The zero-order valence-electron chi connectivity index (χ0n) is 14.5. The minimum Gasteiger partial charge on any atom is -0.507 e. The van der Waals surface area contributed by atoms with E-state index in [1.54, 1.807) is 0 Å². The van der Waals surface area contributed by atoms with Gasteiger partial charge in [-0.25, -0.2) is 13.2 Å². The monoisotopic (exact) mass is 482 g/mol. The SMILES string of the molecule is Cc1ccsc1-c1cc(CS(=O)(=O)c2cc(Br)ccc2O)c(O)c(C(=O)O)c1. The number of halogens is 1. The van der Waals surface area contributed by atoms with Crippen molar-refractivity contribution in [2.75, 3.05) is 0 Å². The molecule has 0 atom stereocenters. The number of rotatable bonds is 5. The number of carbonyl (C=O) groups is 1. The van der Waals surface area contributed by atoms with Crippen LogP contribution in [0.4, 0.5) is 0 Å². The number of thiophene rings is 1. The lowest BCUT2D eigenvalue weighted by Gasteiger charge is -2.12. The van der Waals surface area contributed by atoms with Crippen LogP contribution in [0, 0.1) is 6.92 Å². The molecule has 0 saturated carbocycles. The number of aryl methyl sites for hydroxylation is 1. The van der Waals surface area contributed by atoms with Crippen molar-refractivity contribution in [3.63, 3.8) is 0 Å². The van der Waals surface area contributed by atoms with Gasteiger partial charge in [-0.05, 0) is 59.8 Å². The average molecular weight is 483 g/mol. The van der Waals surface area contributed by atoms with Gasteiger partial charge in [0.2, 0.25) is 0 Å². The Morgan fingerprint density at radius 1 is 1.14 bits per heavy atom. The third kappa shape index (κ3) is 3.91. The van der Waals surface area contributed by atoms with Crippen LogP contribution in [0.5, 0.6) is 11.5 Å². The van der Waals surface area contributed by atoms with E-state index in [2.05, 4.69) is 15.9 Å². The second-order valence-corrected chi connectivity index (χ2v) is 9.93. The summed E-state index contributed by atoms with van der Waals surface area (Å²) in [5.74, 6) is -3.06. The number of aromatic hydroxyl groups is 2. The Balaban J connectivity index is 2.16. The lowest BCUT2D eigenvalue weighted by Crippen LogP contribution is -2.08. The van der Waals surface area contributed by atoms with Crippen molar-refractivity contribution in [2.45, 2.75) is 17.6 Å². The Morgan fingerprint density at radius 3 is 2.46 bits per heavy atom. The number of benzene rings is 2. The van der Waals surface area contributed by atoms with Gasteiger partial charge in [0.15, 0.2) is 9.84 Å². The zero-order chi connectivity index (χ0) is 20.6. The molecule has 0 aliphatic carbocycles. The zero-order valence-corrected chi connectivity index (χ0v) is 17.7. The quantitative estimate of drug-likeness (QED) is 0.490. The van der Waals surface area contributed by atoms with E-state index in [1.807, 2.05) is 18.4 Å². The van der Waals surface area contributed by atoms with E-state index in [-0.39, 0.29) is 16.0 Å². The van der Waals surface area contributed by atoms with Gasteiger partial charge in [0.05, 0.1) is 5.75 Å². The lowest BCUT2D eigenvalue weighted by molar-refractivity contribution is 0.0693. The van der Waals surface area contributed by atoms with Crippen LogP contribution in [0.25, 0.3) is 10.4 Å². The molecule has 0 radical (unpaired) electrons. The maximum Gasteiger partial charge on any atom is 0.339 e. The topological polar surface area (TPSA) is 112 Å². The van der Waals surface area contributed by atoms with Gasteiger partial charge in [0.1, 0.15) is 22.0 Å². The normalized spacial score (nSPS) is 11.5. The summed E-state index contributed by atoms with van der Waals surface area (Å²) in [4.78, 5) is 12.0. The molecule has 1 aromatic heterocycles. The minimum atomic E-state index is -4.06. The average Bonchev–Trinajstić information content (AvgIpc) is 3.04. The first-order valence-electron chi connectivity index (χ1n) is 7.95. The largest absolute Gasteiger partial charge is 0.507 e. The molecule has 0 fully saturated rings. The smallest absolute Gasteiger partial charge is 0.339 e. The summed E-state index contributed by atoms with van der Waals surface area (Å²) in [6.45, 7) is 1.86. The highest BCUT2D eigenvalue weighted by Gasteiger charge is 2.25. The van der Waals surface area contributed by atoms with E-state index >= 15 is 0 Å². The Bertz CT molecular complexity index is 1180. The van der Waals surface area contributed by atoms with Crippen LogP contribution in [-0.2, 0) is 15.6 Å². The predicted molar refractivity (Wildman–Crippen MR) is 110 cm³/mol. The van der Waals surface area contributed by atoms with Gasteiger partial charge in [0.25, 0.3) is 0 Å². The number of hydrogen-bond donors (Lipinski definition) is 3. The highest BCUT2D eigenvalue weighted by atomic mass is 79.9. The second kappa shape index (κ2) is 7.57. The van der Waals surface area contributed by atoms with Crippen molar-refractivity contribution >= 4 is 43.1 Å². The Morgan fingerprint density at radius 2 is 1.86 bits per heavy atom. The summed E-state index contributed by atoms with van der Waals surface area (Å²) < 4.78 is 26.1. The molecular weight excluding hydrogens is 468 g/mol. The molecule has 28 heavy (non-hydrogen) atoms. The number of phenols is 2. The molecule has 0 aliphatic heterocycles. The summed E-state index contributed by atoms with van der Waals surface area (Å²) >= 11 is 4.55. The van der Waals surface area contributed by atoms with Gasteiger partial charge in [-0.3, -0.25) is 0 Å². The van der Waals surface area contributed by atoms with E-state index in [1.165, 1.54) is 41.7 Å². The number of hydrogen-bond acceptors (Lipinski definition) is 6. The molecule has 9 heteroatoms. The molecule has 0 saturated heterocycles. The third-order valence-electron chi connectivity index (χ3n) is 4.15. The number of carboxylic acids is 1. The summed E-state index contributed by atoms with van der Waals surface area (Å²) in [5, 5.41) is 31.6. The van der Waals surface area contributed by atoms with Crippen LogP contribution in [0.1, 0.15) is 21.5 Å². The first-order chi connectivity index (χ1) is 13.1. The van der Waals surface area contributed by atoms with Gasteiger partial charge in [-0.15, -0.1) is 11.3 Å². The third-order valence-corrected chi connectivity index (χ3v) is 7.39. The lowest BCUT2D eigenvalue weighted by atomic mass is 10.0. The maximum atomic E-state index is 12.8. The fourth-order valence-electron chi connectivity index (χ4n) is 2.79. The van der Waals surface area contributed by atoms with E-state index in [4.69, 9.17) is 0 Å². The number of aromatic carboxylic acids is 1. The molecule has 2 aromatic carbocycles. The van der Waals surface area contributed by atoms with Crippen molar-refractivity contribution in [3.05, 3.63) is 62.9 Å². The van der Waals surface area contributed by atoms with Gasteiger partial charge < -0.3 is 15.3 Å². The molecule has 6 nitrogen and oxygen atoms in total. The number of carboxylic acid groups (broad SMARTS) is 1. The molecule has 0 aliphatic rings. The van der Waals surface area contributed by atoms with Crippen molar-refractivity contribution in [2.24, 2.45) is 0 Å². The summed E-state index contributed by atoms with van der Waals surface area (Å²) in [7, 11) is -4.06. The molecule has 146 valence electrons.